The molecule has 0 heterocycles. The third-order valence-corrected chi connectivity index (χ3v) is 14.1. The maximum Gasteiger partial charge on any atom is 0.306 e. The van der Waals surface area contributed by atoms with Crippen LogP contribution in [0.15, 0.2) is 134 Å². The lowest BCUT2D eigenvalue weighted by Crippen LogP contribution is -2.30. The van der Waals surface area contributed by atoms with Gasteiger partial charge in [0.25, 0.3) is 0 Å². The molecule has 0 saturated carbocycles. The van der Waals surface area contributed by atoms with E-state index in [0.29, 0.717) is 19.3 Å². The summed E-state index contributed by atoms with van der Waals surface area (Å²) in [4.78, 5) is 38.4. The van der Waals surface area contributed by atoms with Crippen LogP contribution in [-0.2, 0) is 28.6 Å². The first kappa shape index (κ1) is 76.5. The molecule has 0 bridgehead atoms. The van der Waals surface area contributed by atoms with Crippen LogP contribution in [0.4, 0.5) is 0 Å². The van der Waals surface area contributed by atoms with Gasteiger partial charge < -0.3 is 14.2 Å². The molecule has 81 heavy (non-hydrogen) atoms. The van der Waals surface area contributed by atoms with E-state index in [1.807, 2.05) is 0 Å². The van der Waals surface area contributed by atoms with E-state index in [9.17, 15) is 14.4 Å². The molecule has 1 unspecified atom stereocenters. The SMILES string of the molecule is CC/C=C\C/C=C\C/C=C\C/C=C\C/C=C\C/C=C\C/C=C\C/C=C\CCCCCCC(=O)OCC(COC(=O)CCCCCCC/C=C\CCCCCCCCC)OC(=O)CCCCCCCCC/C=C\C/C=C\CCCCCC. The van der Waals surface area contributed by atoms with Crippen LogP contribution in [-0.4, -0.2) is 37.2 Å². The predicted molar refractivity (Wildman–Crippen MR) is 353 cm³/mol. The molecule has 0 rings (SSSR count). The second-order valence-corrected chi connectivity index (χ2v) is 22.0. The molecule has 0 spiro atoms. The Balaban J connectivity index is 4.44. The molecule has 0 radical (unpaired) electrons. The first-order valence-corrected chi connectivity index (χ1v) is 33.7. The summed E-state index contributed by atoms with van der Waals surface area (Å²) in [7, 11) is 0. The number of unbranched alkanes of at least 4 members (excludes halogenated alkanes) is 27. The summed E-state index contributed by atoms with van der Waals surface area (Å²) in [6.07, 6.45) is 96.0. The van der Waals surface area contributed by atoms with Crippen LogP contribution in [0.25, 0.3) is 0 Å². The van der Waals surface area contributed by atoms with E-state index in [1.165, 1.54) is 122 Å². The molecule has 1 atom stereocenters. The fourth-order valence-electron chi connectivity index (χ4n) is 9.07. The third-order valence-electron chi connectivity index (χ3n) is 14.1. The molecular formula is C75H124O6. The first-order chi connectivity index (χ1) is 40.0. The second-order valence-electron chi connectivity index (χ2n) is 22.0. The van der Waals surface area contributed by atoms with Crippen molar-refractivity contribution in [2.45, 2.75) is 309 Å². The van der Waals surface area contributed by atoms with Crippen molar-refractivity contribution < 1.29 is 28.6 Å². The number of esters is 3. The van der Waals surface area contributed by atoms with E-state index in [1.54, 1.807) is 0 Å². The predicted octanol–water partition coefficient (Wildman–Crippen LogP) is 23.3. The number of rotatable bonds is 60. The topological polar surface area (TPSA) is 78.9 Å². The van der Waals surface area contributed by atoms with Crippen molar-refractivity contribution in [2.24, 2.45) is 0 Å². The highest BCUT2D eigenvalue weighted by atomic mass is 16.6. The molecule has 0 aliphatic heterocycles. The number of allylic oxidation sites excluding steroid dienone is 22. The standard InChI is InChI=1S/C75H124O6/c1-4-7-10-13-16-19-22-25-28-31-33-34-35-36-37-38-39-40-41-42-43-45-47-50-53-56-59-62-65-68-74(77)80-71-72(70-79-73(76)67-64-61-58-55-52-49-46-30-27-24-21-18-15-12-9-6-3)81-75(78)69-66-63-60-57-54-51-48-44-32-29-26-23-20-17-14-11-8-5-2/h7,10,16,19-20,23,25,28-30,32-34,36-37,39-40,42-43,46-47,50,72H,4-6,8-9,11-15,17-18,21-22,24,26-27,31,35,38,41,44-45,48-49,51-71H2,1-3H3/b10-7-,19-16-,23-20-,28-25-,32-29-,34-33-,37-36-,40-39-,43-42-,46-30-,50-47-. The maximum atomic E-state index is 12.9. The second kappa shape index (κ2) is 68.1. The summed E-state index contributed by atoms with van der Waals surface area (Å²) in [5.41, 5.74) is 0. The molecule has 0 aromatic rings. The van der Waals surface area contributed by atoms with Crippen molar-refractivity contribution in [3.63, 3.8) is 0 Å². The Morgan fingerprint density at radius 1 is 0.259 bits per heavy atom. The molecule has 0 N–H and O–H groups in total. The highest BCUT2D eigenvalue weighted by Crippen LogP contribution is 2.15. The van der Waals surface area contributed by atoms with Crippen LogP contribution >= 0.6 is 0 Å². The number of carbonyl (C=O) groups is 3. The molecular weight excluding hydrogens is 997 g/mol. The van der Waals surface area contributed by atoms with Crippen molar-refractivity contribution in [1.82, 2.24) is 0 Å². The average Bonchev–Trinajstić information content (AvgIpc) is 3.47. The normalized spacial score (nSPS) is 13.0. The molecule has 0 saturated heterocycles. The number of hydrogen-bond acceptors (Lipinski definition) is 6. The Bertz CT molecular complexity index is 1720. The Kier molecular flexibility index (Phi) is 64.3. The van der Waals surface area contributed by atoms with Crippen molar-refractivity contribution in [1.29, 1.82) is 0 Å². The van der Waals surface area contributed by atoms with Gasteiger partial charge in [-0.05, 0) is 141 Å². The van der Waals surface area contributed by atoms with Gasteiger partial charge in [-0.2, -0.15) is 0 Å². The van der Waals surface area contributed by atoms with Gasteiger partial charge in [0.2, 0.25) is 0 Å². The Morgan fingerprint density at radius 3 is 0.778 bits per heavy atom. The Morgan fingerprint density at radius 2 is 0.481 bits per heavy atom. The van der Waals surface area contributed by atoms with Crippen molar-refractivity contribution in [3.8, 4) is 0 Å². The zero-order valence-electron chi connectivity index (χ0n) is 52.8. The van der Waals surface area contributed by atoms with Gasteiger partial charge in [0.05, 0.1) is 0 Å². The molecule has 6 heteroatoms. The van der Waals surface area contributed by atoms with E-state index in [-0.39, 0.29) is 31.1 Å². The number of ether oxygens (including phenoxy) is 3. The molecule has 460 valence electrons. The summed E-state index contributed by atoms with van der Waals surface area (Å²) >= 11 is 0. The zero-order chi connectivity index (χ0) is 58.5. The lowest BCUT2D eigenvalue weighted by atomic mass is 10.1. The van der Waals surface area contributed by atoms with Gasteiger partial charge in [-0.25, -0.2) is 0 Å². The molecule has 6 nitrogen and oxygen atoms in total. The van der Waals surface area contributed by atoms with E-state index >= 15 is 0 Å². The van der Waals surface area contributed by atoms with Crippen LogP contribution in [0, 0.1) is 0 Å². The van der Waals surface area contributed by atoms with Crippen LogP contribution in [0.1, 0.15) is 303 Å². The molecule has 0 aliphatic carbocycles. The van der Waals surface area contributed by atoms with Crippen LogP contribution in [0.2, 0.25) is 0 Å². The molecule has 0 aliphatic rings. The first-order valence-electron chi connectivity index (χ1n) is 33.7. The fourth-order valence-corrected chi connectivity index (χ4v) is 9.07. The lowest BCUT2D eigenvalue weighted by molar-refractivity contribution is -0.167. The Hall–Kier alpha value is -4.45. The smallest absolute Gasteiger partial charge is 0.306 e. The highest BCUT2D eigenvalue weighted by Gasteiger charge is 2.19. The minimum Gasteiger partial charge on any atom is -0.462 e. The third kappa shape index (κ3) is 66.2. The monoisotopic (exact) mass is 1120 g/mol. The molecule has 0 amide bonds. The van der Waals surface area contributed by atoms with Crippen LogP contribution < -0.4 is 0 Å². The summed E-state index contributed by atoms with van der Waals surface area (Å²) in [5.74, 6) is -0.933. The van der Waals surface area contributed by atoms with Gasteiger partial charge >= 0.3 is 17.9 Å². The van der Waals surface area contributed by atoms with E-state index < -0.39 is 6.10 Å². The van der Waals surface area contributed by atoms with Crippen LogP contribution in [0.3, 0.4) is 0 Å². The number of carbonyl (C=O) groups excluding carboxylic acids is 3. The van der Waals surface area contributed by atoms with E-state index in [0.717, 1.165) is 141 Å². The molecule has 0 aromatic heterocycles. The largest absolute Gasteiger partial charge is 0.462 e. The van der Waals surface area contributed by atoms with Gasteiger partial charge in [0, 0.05) is 19.3 Å². The van der Waals surface area contributed by atoms with Gasteiger partial charge in [-0.15, -0.1) is 0 Å². The van der Waals surface area contributed by atoms with Gasteiger partial charge in [0.15, 0.2) is 6.10 Å². The summed E-state index contributed by atoms with van der Waals surface area (Å²) in [6, 6.07) is 0. The zero-order valence-corrected chi connectivity index (χ0v) is 52.8. The average molecular weight is 1120 g/mol. The van der Waals surface area contributed by atoms with Gasteiger partial charge in [-0.1, -0.05) is 276 Å². The number of hydrogen-bond donors (Lipinski definition) is 0. The van der Waals surface area contributed by atoms with Gasteiger partial charge in [-0.3, -0.25) is 14.4 Å². The van der Waals surface area contributed by atoms with E-state index in [4.69, 9.17) is 14.2 Å². The van der Waals surface area contributed by atoms with Gasteiger partial charge in [0.1, 0.15) is 13.2 Å². The maximum absolute atomic E-state index is 12.9. The fraction of sp³-hybridized carbons (Fsp3) is 0.667. The van der Waals surface area contributed by atoms with Crippen molar-refractivity contribution >= 4 is 17.9 Å². The Labute approximate surface area is 500 Å². The highest BCUT2D eigenvalue weighted by molar-refractivity contribution is 5.71. The molecule has 0 fully saturated rings. The van der Waals surface area contributed by atoms with Crippen LogP contribution in [0.5, 0.6) is 0 Å². The quantitative estimate of drug-likeness (QED) is 0.0261. The minimum absolute atomic E-state index is 0.0964. The van der Waals surface area contributed by atoms with Crippen molar-refractivity contribution in [3.05, 3.63) is 134 Å². The summed E-state index contributed by atoms with van der Waals surface area (Å²) in [5, 5.41) is 0. The van der Waals surface area contributed by atoms with E-state index in [2.05, 4.69) is 154 Å². The minimum atomic E-state index is -0.803. The lowest BCUT2D eigenvalue weighted by Gasteiger charge is -2.18. The summed E-state index contributed by atoms with van der Waals surface area (Å²) in [6.45, 7) is 6.49. The molecule has 0 aromatic carbocycles. The summed E-state index contributed by atoms with van der Waals surface area (Å²) < 4.78 is 16.9. The van der Waals surface area contributed by atoms with Crippen molar-refractivity contribution in [2.75, 3.05) is 13.2 Å².